The van der Waals surface area contributed by atoms with Crippen molar-refractivity contribution in [1.82, 2.24) is 0 Å². The molecule has 2 aromatic rings. The third kappa shape index (κ3) is 4.31. The predicted octanol–water partition coefficient (Wildman–Crippen LogP) is 5.60. The number of alkyl halides is 6. The number of hydrogen-bond donors (Lipinski definition) is 1. The molecule has 0 aliphatic heterocycles. The van der Waals surface area contributed by atoms with E-state index in [0.717, 1.165) is 12.1 Å². The van der Waals surface area contributed by atoms with E-state index in [4.69, 9.17) is 0 Å². The van der Waals surface area contributed by atoms with Crippen LogP contribution < -0.4 is 0 Å². The molecule has 35 heavy (non-hydrogen) atoms. The number of rotatable bonds is 9. The van der Waals surface area contributed by atoms with Gasteiger partial charge in [0.05, 0.1) is 10.8 Å². The van der Waals surface area contributed by atoms with Crippen LogP contribution in [-0.4, -0.2) is 38.5 Å². The van der Waals surface area contributed by atoms with E-state index in [2.05, 4.69) is 4.74 Å². The van der Waals surface area contributed by atoms with Crippen LogP contribution >= 0.6 is 0 Å². The molecule has 0 amide bonds. The first-order valence-electron chi connectivity index (χ1n) is 10.6. The molecule has 12 heteroatoms. The van der Waals surface area contributed by atoms with Crippen molar-refractivity contribution in [2.75, 3.05) is 6.61 Å². The van der Waals surface area contributed by atoms with Gasteiger partial charge in [0.1, 0.15) is 4.75 Å². The Morgan fingerprint density at radius 2 is 1.54 bits per heavy atom. The number of carboxylic acid groups (broad SMARTS) is 1. The smallest absolute Gasteiger partial charge is 0.430 e. The van der Waals surface area contributed by atoms with Crippen molar-refractivity contribution in [2.24, 2.45) is 5.92 Å². The molecule has 192 valence electrons. The number of carbonyl (C=O) groups is 1. The summed E-state index contributed by atoms with van der Waals surface area (Å²) >= 11 is 0. The molecule has 3 rings (SSSR count). The molecule has 1 N–H and O–H groups in total. The van der Waals surface area contributed by atoms with Crippen molar-refractivity contribution in [3.8, 4) is 0 Å². The average molecular weight is 524 g/mol. The van der Waals surface area contributed by atoms with E-state index in [1.807, 2.05) is 0 Å². The predicted molar refractivity (Wildman–Crippen MR) is 112 cm³/mol. The third-order valence-electron chi connectivity index (χ3n) is 6.14. The van der Waals surface area contributed by atoms with Crippen LogP contribution in [0.3, 0.4) is 0 Å². The van der Waals surface area contributed by atoms with Crippen LogP contribution in [0.4, 0.5) is 26.3 Å². The maximum atomic E-state index is 13.9. The highest BCUT2D eigenvalue weighted by atomic mass is 32.2. The molecule has 1 saturated carbocycles. The van der Waals surface area contributed by atoms with E-state index in [1.54, 1.807) is 6.92 Å². The number of ether oxygens (including phenoxy) is 1. The van der Waals surface area contributed by atoms with E-state index in [-0.39, 0.29) is 23.3 Å². The van der Waals surface area contributed by atoms with Gasteiger partial charge in [-0.15, -0.1) is 0 Å². The van der Waals surface area contributed by atoms with Crippen LogP contribution in [0.5, 0.6) is 0 Å². The topological polar surface area (TPSA) is 80.7 Å². The lowest BCUT2D eigenvalue weighted by Gasteiger charge is -2.37. The van der Waals surface area contributed by atoms with E-state index >= 15 is 0 Å². The Balaban J connectivity index is 2.15. The summed E-state index contributed by atoms with van der Waals surface area (Å²) in [7, 11) is -4.35. The van der Waals surface area contributed by atoms with E-state index in [0.29, 0.717) is 18.6 Å². The summed E-state index contributed by atoms with van der Waals surface area (Å²) in [6.45, 7) is 0.757. The molecular formula is C23H22F6O5S. The van der Waals surface area contributed by atoms with Crippen molar-refractivity contribution >= 4 is 15.8 Å². The molecule has 1 aliphatic rings. The Morgan fingerprint density at radius 3 is 1.97 bits per heavy atom. The molecule has 0 bridgehead atoms. The molecule has 0 radical (unpaired) electrons. The Hall–Kier alpha value is -2.60. The second-order valence-corrected chi connectivity index (χ2v) is 10.5. The zero-order chi connectivity index (χ0) is 26.3. The largest absolute Gasteiger partial charge is 0.481 e. The molecule has 0 aromatic heterocycles. The number of benzene rings is 2. The fraction of sp³-hybridized carbons (Fsp3) is 0.435. The van der Waals surface area contributed by atoms with Gasteiger partial charge >= 0.3 is 18.3 Å². The van der Waals surface area contributed by atoms with Gasteiger partial charge in [0.25, 0.3) is 5.60 Å². The maximum absolute atomic E-state index is 13.9. The van der Waals surface area contributed by atoms with Gasteiger partial charge in [0.15, 0.2) is 9.84 Å². The molecule has 1 aliphatic carbocycles. The Bertz CT molecular complexity index is 1150. The maximum Gasteiger partial charge on any atom is 0.430 e. The molecular weight excluding hydrogens is 502 g/mol. The van der Waals surface area contributed by atoms with Crippen LogP contribution in [0.25, 0.3) is 0 Å². The lowest BCUT2D eigenvalue weighted by molar-refractivity contribution is -0.389. The van der Waals surface area contributed by atoms with Crippen LogP contribution in [0.1, 0.15) is 37.3 Å². The van der Waals surface area contributed by atoms with E-state index < -0.39 is 56.6 Å². The molecule has 2 atom stereocenters. The molecule has 0 heterocycles. The lowest BCUT2D eigenvalue weighted by atomic mass is 9.90. The van der Waals surface area contributed by atoms with Crippen molar-refractivity contribution < 1.29 is 49.4 Å². The standard InChI is InChI=1S/C23H22F6O5S/c1-2-3-13-34-21(22(24,25)26,23(27,28)29)16-11-9-15(10-12-16)20(14-18(20)19(30)31)35(32,33)17-7-5-4-6-8-17/h4-12,18H,2-3,13-14H2,1H3,(H,30,31). The second-order valence-electron chi connectivity index (χ2n) is 8.26. The summed E-state index contributed by atoms with van der Waals surface area (Å²) in [6, 6.07) is 9.44. The Kier molecular flexibility index (Phi) is 7.04. The van der Waals surface area contributed by atoms with Crippen molar-refractivity contribution in [3.63, 3.8) is 0 Å². The molecule has 0 saturated heterocycles. The van der Waals surface area contributed by atoms with Gasteiger partial charge in [-0.1, -0.05) is 55.8 Å². The number of hydrogen-bond acceptors (Lipinski definition) is 4. The average Bonchev–Trinajstić information content (AvgIpc) is 3.54. The van der Waals surface area contributed by atoms with Crippen LogP contribution in [0.2, 0.25) is 0 Å². The summed E-state index contributed by atoms with van der Waals surface area (Å²) in [5.74, 6) is -2.87. The van der Waals surface area contributed by atoms with Gasteiger partial charge < -0.3 is 9.84 Å². The Labute approximate surface area is 197 Å². The normalized spacial score (nSPS) is 21.1. The van der Waals surface area contributed by atoms with Crippen LogP contribution in [-0.2, 0) is 29.7 Å². The fourth-order valence-corrected chi connectivity index (χ4v) is 6.45. The number of aliphatic carboxylic acids is 1. The first-order valence-corrected chi connectivity index (χ1v) is 12.1. The summed E-state index contributed by atoms with van der Waals surface area (Å²) in [5, 5.41) is 9.50. The molecule has 2 unspecified atom stereocenters. The third-order valence-corrected chi connectivity index (χ3v) is 8.67. The Morgan fingerprint density at radius 1 is 1.00 bits per heavy atom. The van der Waals surface area contributed by atoms with Crippen LogP contribution in [0.15, 0.2) is 59.5 Å². The van der Waals surface area contributed by atoms with E-state index in [9.17, 15) is 44.7 Å². The first kappa shape index (κ1) is 27.0. The van der Waals surface area contributed by atoms with Gasteiger partial charge in [-0.25, -0.2) is 8.42 Å². The summed E-state index contributed by atoms with van der Waals surface area (Å²) < 4.78 is 112. The molecule has 1 fully saturated rings. The monoisotopic (exact) mass is 524 g/mol. The SMILES string of the molecule is CCCCOC(c1ccc(C2(S(=O)(=O)c3ccccc3)CC2C(=O)O)cc1)(C(F)(F)F)C(F)(F)F. The highest BCUT2D eigenvalue weighted by Crippen LogP contribution is 2.61. The second kappa shape index (κ2) is 9.12. The summed E-state index contributed by atoms with van der Waals surface area (Å²) in [4.78, 5) is 11.5. The highest BCUT2D eigenvalue weighted by molar-refractivity contribution is 7.92. The number of carboxylic acids is 1. The number of halogens is 6. The highest BCUT2D eigenvalue weighted by Gasteiger charge is 2.74. The fourth-order valence-electron chi connectivity index (χ4n) is 4.20. The first-order chi connectivity index (χ1) is 16.2. The quantitative estimate of drug-likeness (QED) is 0.341. The summed E-state index contributed by atoms with van der Waals surface area (Å²) in [5.41, 5.74) is -6.13. The van der Waals surface area contributed by atoms with Gasteiger partial charge in [-0.05, 0) is 30.5 Å². The minimum absolute atomic E-state index is 0.0509. The summed E-state index contributed by atoms with van der Waals surface area (Å²) in [6.07, 6.45) is -11.9. The van der Waals surface area contributed by atoms with Gasteiger partial charge in [-0.2, -0.15) is 26.3 Å². The minimum atomic E-state index is -5.88. The molecule has 5 nitrogen and oxygen atoms in total. The van der Waals surface area contributed by atoms with Crippen molar-refractivity contribution in [1.29, 1.82) is 0 Å². The lowest BCUT2D eigenvalue weighted by Crippen LogP contribution is -2.56. The minimum Gasteiger partial charge on any atom is -0.481 e. The number of sulfone groups is 1. The van der Waals surface area contributed by atoms with Gasteiger partial charge in [0, 0.05) is 12.2 Å². The van der Waals surface area contributed by atoms with Gasteiger partial charge in [-0.3, -0.25) is 4.79 Å². The molecule has 0 spiro atoms. The zero-order valence-corrected chi connectivity index (χ0v) is 19.2. The van der Waals surface area contributed by atoms with Crippen LogP contribution in [0, 0.1) is 5.92 Å². The van der Waals surface area contributed by atoms with E-state index in [1.165, 1.54) is 30.3 Å². The van der Waals surface area contributed by atoms with Crippen molar-refractivity contribution in [2.45, 2.75) is 53.8 Å². The molecule has 2 aromatic carbocycles. The van der Waals surface area contributed by atoms with Gasteiger partial charge in [0.2, 0.25) is 0 Å². The van der Waals surface area contributed by atoms with Crippen molar-refractivity contribution in [3.05, 3.63) is 65.7 Å². The number of unbranched alkanes of at least 4 members (excludes halogenated alkanes) is 1. The zero-order valence-electron chi connectivity index (χ0n) is 18.4.